The van der Waals surface area contributed by atoms with Crippen LogP contribution < -0.4 is 0 Å². The number of benzene rings is 1. The zero-order chi connectivity index (χ0) is 15.9. The summed E-state index contributed by atoms with van der Waals surface area (Å²) >= 11 is 0. The van der Waals surface area contributed by atoms with Gasteiger partial charge in [0.05, 0.1) is 18.1 Å². The summed E-state index contributed by atoms with van der Waals surface area (Å²) in [5, 5.41) is 9.52. The third-order valence-electron chi connectivity index (χ3n) is 3.64. The molecule has 0 spiro atoms. The van der Waals surface area contributed by atoms with Crippen molar-refractivity contribution in [1.29, 1.82) is 5.26 Å². The van der Waals surface area contributed by atoms with Crippen molar-refractivity contribution < 1.29 is 13.9 Å². The van der Waals surface area contributed by atoms with Gasteiger partial charge in [-0.3, -0.25) is 0 Å². The van der Waals surface area contributed by atoms with Crippen molar-refractivity contribution >= 4 is 12.0 Å². The van der Waals surface area contributed by atoms with Crippen LogP contribution in [0.3, 0.4) is 0 Å². The average Bonchev–Trinajstić information content (AvgIpc) is 2.49. The molecule has 0 amide bonds. The summed E-state index contributed by atoms with van der Waals surface area (Å²) in [5.74, 6) is -0.844. The average molecular weight is 289 g/mol. The maximum atomic E-state index is 13.6. The number of hydrogen-bond acceptors (Lipinski definition) is 3. The second kappa shape index (κ2) is 7.58. The Morgan fingerprint density at radius 2 is 2.05 bits per heavy atom. The minimum atomic E-state index is -0.754. The van der Waals surface area contributed by atoms with E-state index in [0.29, 0.717) is 30.6 Å². The molecule has 0 saturated heterocycles. The van der Waals surface area contributed by atoms with Crippen molar-refractivity contribution in [1.82, 2.24) is 0 Å². The standard InChI is InChI=1S/C17H20FNO2/c1-4-17(5-2,12-19)15-11-14(18)9-7-13(15)8-10-16(20)21-6-3/h7-11H,4-6H2,1-3H3/b10-8+. The van der Waals surface area contributed by atoms with Gasteiger partial charge in [-0.1, -0.05) is 19.9 Å². The molecule has 1 aromatic carbocycles. The first-order valence-corrected chi connectivity index (χ1v) is 7.09. The Kier molecular flexibility index (Phi) is 6.10. The second-order valence-electron chi connectivity index (χ2n) is 4.72. The van der Waals surface area contributed by atoms with Gasteiger partial charge in [-0.25, -0.2) is 9.18 Å². The van der Waals surface area contributed by atoms with Crippen LogP contribution in [0.4, 0.5) is 4.39 Å². The fourth-order valence-corrected chi connectivity index (χ4v) is 2.29. The van der Waals surface area contributed by atoms with Crippen molar-refractivity contribution in [2.24, 2.45) is 0 Å². The fraction of sp³-hybridized carbons (Fsp3) is 0.412. The number of nitriles is 1. The summed E-state index contributed by atoms with van der Waals surface area (Å²) in [6.45, 7) is 5.82. The highest BCUT2D eigenvalue weighted by Gasteiger charge is 2.30. The number of esters is 1. The molecule has 4 heteroatoms. The second-order valence-corrected chi connectivity index (χ2v) is 4.72. The van der Waals surface area contributed by atoms with Crippen molar-refractivity contribution in [3.05, 3.63) is 41.2 Å². The molecule has 0 aliphatic rings. The highest BCUT2D eigenvalue weighted by molar-refractivity contribution is 5.87. The molecule has 1 aromatic rings. The van der Waals surface area contributed by atoms with Crippen molar-refractivity contribution in [3.63, 3.8) is 0 Å². The van der Waals surface area contributed by atoms with Crippen LogP contribution >= 0.6 is 0 Å². The lowest BCUT2D eigenvalue weighted by Crippen LogP contribution is -2.23. The molecule has 3 nitrogen and oxygen atoms in total. The molecule has 0 saturated carbocycles. The Bertz CT molecular complexity index is 569. The largest absolute Gasteiger partial charge is 0.463 e. The van der Waals surface area contributed by atoms with E-state index in [1.54, 1.807) is 19.1 Å². The maximum absolute atomic E-state index is 13.6. The molecular formula is C17H20FNO2. The number of halogens is 1. The maximum Gasteiger partial charge on any atom is 0.330 e. The van der Waals surface area contributed by atoms with Crippen LogP contribution in [0, 0.1) is 17.1 Å². The van der Waals surface area contributed by atoms with Gasteiger partial charge >= 0.3 is 5.97 Å². The quantitative estimate of drug-likeness (QED) is 0.588. The van der Waals surface area contributed by atoms with Gasteiger partial charge in [0.25, 0.3) is 0 Å². The summed E-state index contributed by atoms with van der Waals surface area (Å²) < 4.78 is 18.4. The molecular weight excluding hydrogens is 269 g/mol. The summed E-state index contributed by atoms with van der Waals surface area (Å²) in [6, 6.07) is 6.57. The molecule has 1 rings (SSSR count). The van der Waals surface area contributed by atoms with Gasteiger partial charge in [0.1, 0.15) is 5.82 Å². The van der Waals surface area contributed by atoms with Gasteiger partial charge in [0.2, 0.25) is 0 Å². The number of ether oxygens (including phenoxy) is 1. The van der Waals surface area contributed by atoms with Crippen molar-refractivity contribution in [2.45, 2.75) is 39.0 Å². The SMILES string of the molecule is CCOC(=O)/C=C/c1ccc(F)cc1C(C#N)(CC)CC. The molecule has 0 aliphatic heterocycles. The summed E-state index contributed by atoms with van der Waals surface area (Å²) in [4.78, 5) is 11.4. The Hall–Kier alpha value is -2.15. The van der Waals surface area contributed by atoms with E-state index in [1.807, 2.05) is 13.8 Å². The number of carbonyl (C=O) groups is 1. The van der Waals surface area contributed by atoms with Crippen LogP contribution in [0.25, 0.3) is 6.08 Å². The molecule has 0 radical (unpaired) electrons. The Labute approximate surface area is 125 Å². The van der Waals surface area contributed by atoms with E-state index in [1.165, 1.54) is 18.2 Å². The Morgan fingerprint density at radius 3 is 2.57 bits per heavy atom. The molecule has 0 atom stereocenters. The van der Waals surface area contributed by atoms with Gasteiger partial charge in [-0.15, -0.1) is 0 Å². The Morgan fingerprint density at radius 1 is 1.38 bits per heavy atom. The van der Waals surface area contributed by atoms with Crippen LogP contribution in [0.2, 0.25) is 0 Å². The number of nitrogens with zero attached hydrogens (tertiary/aromatic N) is 1. The minimum Gasteiger partial charge on any atom is -0.463 e. The predicted octanol–water partition coefficient (Wildman–Crippen LogP) is 3.98. The van der Waals surface area contributed by atoms with E-state index in [4.69, 9.17) is 4.74 Å². The molecule has 0 fully saturated rings. The Balaban J connectivity index is 3.29. The van der Waals surface area contributed by atoms with Gasteiger partial charge < -0.3 is 4.74 Å². The van der Waals surface area contributed by atoms with E-state index >= 15 is 0 Å². The smallest absolute Gasteiger partial charge is 0.330 e. The highest BCUT2D eigenvalue weighted by Crippen LogP contribution is 2.34. The topological polar surface area (TPSA) is 50.1 Å². The number of rotatable bonds is 6. The number of carbonyl (C=O) groups excluding carboxylic acids is 1. The molecule has 0 aromatic heterocycles. The monoisotopic (exact) mass is 289 g/mol. The lowest BCUT2D eigenvalue weighted by atomic mass is 9.75. The van der Waals surface area contributed by atoms with E-state index in [-0.39, 0.29) is 5.82 Å². The zero-order valence-corrected chi connectivity index (χ0v) is 12.6. The van der Waals surface area contributed by atoms with Crippen LogP contribution in [0.1, 0.15) is 44.7 Å². The van der Waals surface area contributed by atoms with Gasteiger partial charge in [-0.2, -0.15) is 5.26 Å². The van der Waals surface area contributed by atoms with Gasteiger partial charge in [-0.05, 0) is 49.1 Å². The van der Waals surface area contributed by atoms with Gasteiger partial charge in [0.15, 0.2) is 0 Å². The molecule has 0 heterocycles. The molecule has 112 valence electrons. The first-order valence-electron chi connectivity index (χ1n) is 7.09. The first-order chi connectivity index (χ1) is 10.0. The molecule has 0 N–H and O–H groups in total. The molecule has 0 aliphatic carbocycles. The highest BCUT2D eigenvalue weighted by atomic mass is 19.1. The van der Waals surface area contributed by atoms with Crippen molar-refractivity contribution in [2.75, 3.05) is 6.61 Å². The fourth-order valence-electron chi connectivity index (χ4n) is 2.29. The molecule has 21 heavy (non-hydrogen) atoms. The summed E-state index contributed by atoms with van der Waals surface area (Å²) in [5.41, 5.74) is 0.515. The van der Waals surface area contributed by atoms with E-state index in [0.717, 1.165) is 0 Å². The molecule has 0 bridgehead atoms. The van der Waals surface area contributed by atoms with Crippen LogP contribution in [-0.4, -0.2) is 12.6 Å². The van der Waals surface area contributed by atoms with E-state index < -0.39 is 11.4 Å². The first kappa shape index (κ1) is 16.9. The van der Waals surface area contributed by atoms with E-state index in [2.05, 4.69) is 6.07 Å². The lowest BCUT2D eigenvalue weighted by molar-refractivity contribution is -0.137. The normalized spacial score (nSPS) is 11.4. The zero-order valence-electron chi connectivity index (χ0n) is 12.6. The van der Waals surface area contributed by atoms with E-state index in [9.17, 15) is 14.4 Å². The van der Waals surface area contributed by atoms with Crippen LogP contribution in [-0.2, 0) is 14.9 Å². The third kappa shape index (κ3) is 3.91. The number of hydrogen-bond donors (Lipinski definition) is 0. The van der Waals surface area contributed by atoms with Gasteiger partial charge in [0, 0.05) is 6.08 Å². The minimum absolute atomic E-state index is 0.297. The lowest BCUT2D eigenvalue weighted by Gasteiger charge is -2.26. The third-order valence-corrected chi connectivity index (χ3v) is 3.64. The molecule has 0 unspecified atom stereocenters. The van der Waals surface area contributed by atoms with Crippen LogP contribution in [0.5, 0.6) is 0 Å². The van der Waals surface area contributed by atoms with Crippen LogP contribution in [0.15, 0.2) is 24.3 Å². The van der Waals surface area contributed by atoms with Crippen molar-refractivity contribution in [3.8, 4) is 6.07 Å². The predicted molar refractivity (Wildman–Crippen MR) is 79.9 cm³/mol. The summed E-state index contributed by atoms with van der Waals surface area (Å²) in [6.07, 6.45) is 4.02. The summed E-state index contributed by atoms with van der Waals surface area (Å²) in [7, 11) is 0.